The Hall–Kier alpha value is -0.920. The summed E-state index contributed by atoms with van der Waals surface area (Å²) in [6, 6.07) is 7.79. The number of hydrogen-bond acceptors (Lipinski definition) is 5. The highest BCUT2D eigenvalue weighted by atomic mass is 32.2. The Labute approximate surface area is 132 Å². The summed E-state index contributed by atoms with van der Waals surface area (Å²) in [5, 5.41) is -0.849. The maximum atomic E-state index is 12.9. The Morgan fingerprint density at radius 3 is 2.23 bits per heavy atom. The van der Waals surface area contributed by atoms with Gasteiger partial charge in [0.1, 0.15) is 0 Å². The molecule has 5 nitrogen and oxygen atoms in total. The fourth-order valence-electron chi connectivity index (χ4n) is 3.47. The van der Waals surface area contributed by atoms with Gasteiger partial charge in [-0.2, -0.15) is 0 Å². The maximum Gasteiger partial charge on any atom is 0.183 e. The third-order valence-corrected chi connectivity index (χ3v) is 8.74. The molecule has 2 atom stereocenters. The van der Waals surface area contributed by atoms with Gasteiger partial charge in [-0.15, -0.1) is 0 Å². The predicted molar refractivity (Wildman–Crippen MR) is 85.3 cm³/mol. The van der Waals surface area contributed by atoms with E-state index in [9.17, 15) is 16.8 Å². The number of hydrogen-bond donors (Lipinski definition) is 0. The second-order valence-corrected chi connectivity index (χ2v) is 10.5. The van der Waals surface area contributed by atoms with Crippen LogP contribution in [0.3, 0.4) is 0 Å². The quantitative estimate of drug-likeness (QED) is 0.822. The SMILES string of the molecule is O=S1(=O)C[C@H](N2CCCCC2)[C@@H](S(=O)(=O)c2ccccc2)C1. The Bertz CT molecular complexity index is 722. The Balaban J connectivity index is 1.95. The Morgan fingerprint density at radius 1 is 0.955 bits per heavy atom. The highest BCUT2D eigenvalue weighted by Crippen LogP contribution is 2.30. The fourth-order valence-corrected chi connectivity index (χ4v) is 8.32. The summed E-state index contributed by atoms with van der Waals surface area (Å²) in [6.07, 6.45) is 3.15. The number of nitrogens with zero attached hydrogens (tertiary/aromatic N) is 1. The number of benzene rings is 1. The minimum absolute atomic E-state index is 0.0380. The summed E-state index contributed by atoms with van der Waals surface area (Å²) in [4.78, 5) is 2.29. The van der Waals surface area contributed by atoms with Crippen molar-refractivity contribution in [3.63, 3.8) is 0 Å². The lowest BCUT2D eigenvalue weighted by Crippen LogP contribution is -2.48. The Morgan fingerprint density at radius 2 is 1.59 bits per heavy atom. The van der Waals surface area contributed by atoms with Crippen LogP contribution in [-0.4, -0.2) is 57.6 Å². The molecule has 0 amide bonds. The summed E-state index contributed by atoms with van der Waals surface area (Å²) in [7, 11) is -6.94. The van der Waals surface area contributed by atoms with Crippen LogP contribution in [0.4, 0.5) is 0 Å². The number of rotatable bonds is 3. The molecule has 2 aliphatic heterocycles. The van der Waals surface area contributed by atoms with E-state index in [-0.39, 0.29) is 16.4 Å². The molecule has 0 unspecified atom stereocenters. The molecule has 0 aliphatic carbocycles. The van der Waals surface area contributed by atoms with Gasteiger partial charge >= 0.3 is 0 Å². The zero-order valence-corrected chi connectivity index (χ0v) is 14.0. The molecule has 2 saturated heterocycles. The van der Waals surface area contributed by atoms with Gasteiger partial charge < -0.3 is 0 Å². The molecule has 1 aromatic carbocycles. The standard InChI is InChI=1S/C15H21NO4S2/c17-21(18)11-14(16-9-5-2-6-10-16)15(12-21)22(19,20)13-7-3-1-4-8-13/h1,3-4,7-8,14-15H,2,5-6,9-12H2/t14-,15-/m0/s1. The van der Waals surface area contributed by atoms with E-state index in [0.29, 0.717) is 0 Å². The number of piperidine rings is 1. The zero-order valence-electron chi connectivity index (χ0n) is 12.4. The van der Waals surface area contributed by atoms with E-state index in [1.165, 1.54) is 0 Å². The van der Waals surface area contributed by atoms with Gasteiger partial charge in [0.25, 0.3) is 0 Å². The van der Waals surface area contributed by atoms with E-state index >= 15 is 0 Å². The number of sulfone groups is 2. The summed E-state index contributed by atoms with van der Waals surface area (Å²) in [6.45, 7) is 1.59. The van der Waals surface area contributed by atoms with Crippen molar-refractivity contribution in [3.05, 3.63) is 30.3 Å². The normalized spacial score (nSPS) is 29.5. The molecule has 0 aromatic heterocycles. The first kappa shape index (κ1) is 16.0. The van der Waals surface area contributed by atoms with Crippen LogP contribution < -0.4 is 0 Å². The lowest BCUT2D eigenvalue weighted by atomic mass is 10.1. The van der Waals surface area contributed by atoms with Crippen LogP contribution in [0.15, 0.2) is 35.2 Å². The molecule has 7 heteroatoms. The van der Waals surface area contributed by atoms with E-state index in [0.717, 1.165) is 32.4 Å². The molecule has 0 N–H and O–H groups in total. The van der Waals surface area contributed by atoms with Crippen molar-refractivity contribution in [1.29, 1.82) is 0 Å². The third-order valence-electron chi connectivity index (χ3n) is 4.60. The largest absolute Gasteiger partial charge is 0.298 e. The average Bonchev–Trinajstić information content (AvgIpc) is 2.86. The minimum Gasteiger partial charge on any atom is -0.298 e. The lowest BCUT2D eigenvalue weighted by molar-refractivity contribution is 0.178. The smallest absolute Gasteiger partial charge is 0.183 e. The van der Waals surface area contributed by atoms with Crippen molar-refractivity contribution >= 4 is 19.7 Å². The van der Waals surface area contributed by atoms with Crippen LogP contribution in [0.5, 0.6) is 0 Å². The van der Waals surface area contributed by atoms with E-state index in [1.807, 2.05) is 0 Å². The minimum atomic E-state index is -3.63. The van der Waals surface area contributed by atoms with Crippen LogP contribution in [0.1, 0.15) is 19.3 Å². The molecule has 2 fully saturated rings. The van der Waals surface area contributed by atoms with Gasteiger partial charge in [0.05, 0.1) is 21.7 Å². The van der Waals surface area contributed by atoms with Gasteiger partial charge in [-0.25, -0.2) is 16.8 Å². The summed E-state index contributed by atoms with van der Waals surface area (Å²) in [5.74, 6) is -0.297. The van der Waals surface area contributed by atoms with Crippen LogP contribution in [0.25, 0.3) is 0 Å². The van der Waals surface area contributed by atoms with Gasteiger partial charge in [-0.05, 0) is 38.1 Å². The van der Waals surface area contributed by atoms with Crippen molar-refractivity contribution < 1.29 is 16.8 Å². The first-order chi connectivity index (χ1) is 10.4. The second-order valence-electron chi connectivity index (χ2n) is 6.14. The van der Waals surface area contributed by atoms with Crippen LogP contribution >= 0.6 is 0 Å². The van der Waals surface area contributed by atoms with E-state index < -0.39 is 31.0 Å². The highest BCUT2D eigenvalue weighted by molar-refractivity contribution is 7.96. The van der Waals surface area contributed by atoms with Crippen molar-refractivity contribution in [2.24, 2.45) is 0 Å². The molecule has 0 saturated carbocycles. The third kappa shape index (κ3) is 3.07. The molecule has 2 aliphatic rings. The predicted octanol–water partition coefficient (Wildman–Crippen LogP) is 1.11. The molecule has 0 radical (unpaired) electrons. The molecule has 3 rings (SSSR count). The van der Waals surface area contributed by atoms with Gasteiger partial charge in [0, 0.05) is 6.04 Å². The van der Waals surface area contributed by atoms with Crippen molar-refractivity contribution in [1.82, 2.24) is 4.90 Å². The summed E-state index contributed by atoms with van der Waals surface area (Å²) >= 11 is 0. The number of likely N-dealkylation sites (tertiary alicyclic amines) is 1. The Kier molecular flexibility index (Phi) is 4.31. The maximum absolute atomic E-state index is 12.9. The summed E-state index contributed by atoms with van der Waals surface area (Å²) < 4.78 is 49.9. The first-order valence-electron chi connectivity index (χ1n) is 7.64. The fraction of sp³-hybridized carbons (Fsp3) is 0.600. The molecule has 122 valence electrons. The van der Waals surface area contributed by atoms with Gasteiger partial charge in [-0.3, -0.25) is 4.90 Å². The lowest BCUT2D eigenvalue weighted by Gasteiger charge is -2.34. The van der Waals surface area contributed by atoms with E-state index in [1.54, 1.807) is 30.3 Å². The monoisotopic (exact) mass is 343 g/mol. The zero-order chi connectivity index (χ0) is 15.8. The van der Waals surface area contributed by atoms with E-state index in [4.69, 9.17) is 0 Å². The molecule has 0 spiro atoms. The topological polar surface area (TPSA) is 71.5 Å². The van der Waals surface area contributed by atoms with Crippen LogP contribution in [-0.2, 0) is 19.7 Å². The molecule has 0 bridgehead atoms. The van der Waals surface area contributed by atoms with Gasteiger partial charge in [0.15, 0.2) is 19.7 Å². The molecular formula is C15H21NO4S2. The molecule has 22 heavy (non-hydrogen) atoms. The molecule has 1 aromatic rings. The summed E-state index contributed by atoms with van der Waals surface area (Å²) in [5.41, 5.74) is 0. The van der Waals surface area contributed by atoms with Gasteiger partial charge in [-0.1, -0.05) is 24.6 Å². The van der Waals surface area contributed by atoms with Crippen LogP contribution in [0, 0.1) is 0 Å². The van der Waals surface area contributed by atoms with E-state index in [2.05, 4.69) is 4.90 Å². The second kappa shape index (κ2) is 5.94. The average molecular weight is 343 g/mol. The molecular weight excluding hydrogens is 322 g/mol. The first-order valence-corrected chi connectivity index (χ1v) is 11.0. The molecule has 2 heterocycles. The van der Waals surface area contributed by atoms with Crippen molar-refractivity contribution in [3.8, 4) is 0 Å². The van der Waals surface area contributed by atoms with Crippen molar-refractivity contribution in [2.45, 2.75) is 35.4 Å². The van der Waals surface area contributed by atoms with Crippen LogP contribution in [0.2, 0.25) is 0 Å². The van der Waals surface area contributed by atoms with Crippen molar-refractivity contribution in [2.75, 3.05) is 24.6 Å². The highest BCUT2D eigenvalue weighted by Gasteiger charge is 2.48. The van der Waals surface area contributed by atoms with Gasteiger partial charge in [0.2, 0.25) is 0 Å².